The highest BCUT2D eigenvalue weighted by Gasteiger charge is 2.60. The summed E-state index contributed by atoms with van der Waals surface area (Å²) in [7, 11) is 1.65. The molecule has 2 aliphatic rings. The highest BCUT2D eigenvalue weighted by molar-refractivity contribution is 8.03. The van der Waals surface area contributed by atoms with Crippen molar-refractivity contribution in [1.82, 2.24) is 20.1 Å². The van der Waals surface area contributed by atoms with Gasteiger partial charge in [0.05, 0.1) is 24.7 Å². The number of aryl methyl sites for hydroxylation is 1. The Hall–Kier alpha value is -2.83. The predicted octanol–water partition coefficient (Wildman–Crippen LogP) is -0.757. The Morgan fingerprint density at radius 3 is 2.64 bits per heavy atom. The number of nitrogens with two attached hydrogens (primary N) is 1. The molecule has 180 valence electrons. The molecule has 2 aliphatic heterocycles. The summed E-state index contributed by atoms with van der Waals surface area (Å²) in [5, 5.41) is 25.1. The number of aromatic hydroxyl groups is 1. The molecule has 1 saturated heterocycles. The first-order valence-corrected chi connectivity index (χ1v) is 11.6. The number of carboxylic acid groups (broad SMARTS) is 1. The summed E-state index contributed by atoms with van der Waals surface area (Å²) >= 11 is 1.32. The van der Waals surface area contributed by atoms with Crippen LogP contribution in [0.2, 0.25) is 0 Å². The van der Waals surface area contributed by atoms with Gasteiger partial charge in [-0.25, -0.2) is 4.79 Å². The van der Waals surface area contributed by atoms with Crippen LogP contribution in [0.1, 0.15) is 19.5 Å². The number of carbonyl (C=O) groups excluding carboxylic acids is 2. The van der Waals surface area contributed by atoms with E-state index >= 15 is 0 Å². The number of amides is 2. The van der Waals surface area contributed by atoms with Crippen molar-refractivity contribution in [2.45, 2.75) is 39.0 Å². The summed E-state index contributed by atoms with van der Waals surface area (Å²) in [4.78, 5) is 50.4. The van der Waals surface area contributed by atoms with Crippen LogP contribution in [0.5, 0.6) is 5.75 Å². The first kappa shape index (κ1) is 24.8. The van der Waals surface area contributed by atoms with E-state index in [2.05, 4.69) is 10.6 Å². The van der Waals surface area contributed by atoms with Gasteiger partial charge in [0.1, 0.15) is 5.70 Å². The lowest BCUT2D eigenvalue weighted by Gasteiger charge is -2.47. The summed E-state index contributed by atoms with van der Waals surface area (Å²) in [6.07, 6.45) is 1.32. The lowest BCUT2D eigenvalue weighted by Crippen LogP contribution is -2.66. The highest BCUT2D eigenvalue weighted by Crippen LogP contribution is 2.50. The minimum Gasteiger partial charge on any atom is -0.503 e. The molecule has 0 bridgehead atoms. The van der Waals surface area contributed by atoms with E-state index in [4.69, 9.17) is 5.73 Å². The first-order chi connectivity index (χ1) is 15.6. The fraction of sp³-hybridized carbons (Fsp3) is 0.524. The number of pyridine rings is 1. The maximum Gasteiger partial charge on any atom is 0.353 e. The molecular weight excluding hydrogens is 450 g/mol. The van der Waals surface area contributed by atoms with Crippen LogP contribution >= 0.6 is 11.8 Å². The van der Waals surface area contributed by atoms with Crippen LogP contribution in [-0.4, -0.2) is 68.9 Å². The van der Waals surface area contributed by atoms with Crippen molar-refractivity contribution in [1.29, 1.82) is 0 Å². The topological polar surface area (TPSA) is 167 Å². The summed E-state index contributed by atoms with van der Waals surface area (Å²) in [6, 6.07) is 0.503. The third-order valence-corrected chi connectivity index (χ3v) is 7.31. The molecule has 0 aliphatic carbocycles. The number of thioether (sulfide) groups is 1. The van der Waals surface area contributed by atoms with Crippen LogP contribution < -0.4 is 21.8 Å². The molecule has 0 aromatic carbocycles. The van der Waals surface area contributed by atoms with Gasteiger partial charge in [-0.3, -0.25) is 14.4 Å². The van der Waals surface area contributed by atoms with E-state index in [1.165, 1.54) is 28.9 Å². The standard InChI is InChI=1S/C21H29N5O6S/c1-10-17-16(11(2)24-15(29)8-23-3)20(30)26(17)18(21(31)32)19(10)33-5-4-25-9-14(28)13(27)6-12(25)7-22/h6,9-11,16-17,23,28H,4-5,7-8,22H2,1-3H3,(H,24,29)(H,31,32)/t10-,11-,16-,17-/m1/s1. The van der Waals surface area contributed by atoms with Gasteiger partial charge in [-0.15, -0.1) is 11.8 Å². The third kappa shape index (κ3) is 4.63. The van der Waals surface area contributed by atoms with Crippen LogP contribution in [0.25, 0.3) is 0 Å². The van der Waals surface area contributed by atoms with Gasteiger partial charge in [-0.05, 0) is 14.0 Å². The quantitative estimate of drug-likeness (QED) is 0.271. The van der Waals surface area contributed by atoms with Crippen molar-refractivity contribution in [2.75, 3.05) is 19.3 Å². The number of β-lactam (4-membered cyclic amide) rings is 1. The molecule has 2 amide bonds. The van der Waals surface area contributed by atoms with E-state index in [-0.39, 0.29) is 48.3 Å². The Labute approximate surface area is 195 Å². The van der Waals surface area contributed by atoms with Crippen LogP contribution in [0.15, 0.2) is 27.7 Å². The van der Waals surface area contributed by atoms with Crippen LogP contribution in [0.4, 0.5) is 0 Å². The minimum absolute atomic E-state index is 0.0192. The molecule has 1 aromatic heterocycles. The average molecular weight is 480 g/mol. The lowest BCUT2D eigenvalue weighted by atomic mass is 9.78. The number of aliphatic carboxylic acids is 1. The molecule has 3 heterocycles. The Balaban J connectivity index is 1.75. The van der Waals surface area contributed by atoms with Gasteiger partial charge in [0, 0.05) is 47.5 Å². The van der Waals surface area contributed by atoms with Gasteiger partial charge >= 0.3 is 5.97 Å². The van der Waals surface area contributed by atoms with Crippen molar-refractivity contribution >= 4 is 29.5 Å². The molecule has 3 rings (SSSR count). The Bertz CT molecular complexity index is 1050. The molecular formula is C21H29N5O6S. The number of nitrogens with zero attached hydrogens (tertiary/aromatic N) is 2. The second-order valence-electron chi connectivity index (χ2n) is 8.18. The monoisotopic (exact) mass is 479 g/mol. The van der Waals surface area contributed by atoms with Crippen molar-refractivity contribution < 1.29 is 24.6 Å². The number of hydrogen-bond donors (Lipinski definition) is 5. The molecule has 4 atom stereocenters. The van der Waals surface area contributed by atoms with Crippen LogP contribution in [-0.2, 0) is 27.5 Å². The molecule has 0 spiro atoms. The van der Waals surface area contributed by atoms with E-state index in [1.807, 2.05) is 6.92 Å². The van der Waals surface area contributed by atoms with E-state index < -0.39 is 23.4 Å². The number of hydrogen-bond acceptors (Lipinski definition) is 8. The number of carboxylic acids is 1. The molecule has 1 fully saturated rings. The number of carbonyl (C=O) groups is 3. The van der Waals surface area contributed by atoms with E-state index in [1.54, 1.807) is 18.5 Å². The summed E-state index contributed by atoms with van der Waals surface area (Å²) < 4.78 is 1.66. The Morgan fingerprint density at radius 1 is 1.33 bits per heavy atom. The summed E-state index contributed by atoms with van der Waals surface area (Å²) in [6.45, 7) is 4.26. The number of nitrogens with one attached hydrogen (secondary N) is 2. The zero-order chi connectivity index (χ0) is 24.4. The molecule has 0 saturated carbocycles. The number of aromatic nitrogens is 1. The van der Waals surface area contributed by atoms with E-state index in [9.17, 15) is 29.4 Å². The molecule has 11 nitrogen and oxygen atoms in total. The molecule has 0 radical (unpaired) electrons. The molecule has 1 aromatic rings. The second kappa shape index (κ2) is 9.98. The number of likely N-dealkylation sites (N-methyl/N-ethyl adjacent to an activating group) is 1. The zero-order valence-electron chi connectivity index (χ0n) is 18.7. The van der Waals surface area contributed by atoms with Gasteiger partial charge < -0.3 is 36.0 Å². The highest BCUT2D eigenvalue weighted by atomic mass is 32.2. The zero-order valence-corrected chi connectivity index (χ0v) is 19.5. The number of rotatable bonds is 10. The van der Waals surface area contributed by atoms with Crippen molar-refractivity contribution in [2.24, 2.45) is 17.6 Å². The van der Waals surface area contributed by atoms with Crippen molar-refractivity contribution in [3.63, 3.8) is 0 Å². The SMILES string of the molecule is CNCC(=O)N[C@H](C)[C@H]1C(=O)N2C(C(=O)O)=C(SCCn3cc(O)c(=O)cc3CN)[C@H](C)[C@H]12. The summed E-state index contributed by atoms with van der Waals surface area (Å²) in [5.41, 5.74) is 5.71. The summed E-state index contributed by atoms with van der Waals surface area (Å²) in [5.74, 6) is -2.38. The molecule has 12 heteroatoms. The minimum atomic E-state index is -1.17. The van der Waals surface area contributed by atoms with Gasteiger partial charge in [0.25, 0.3) is 0 Å². The van der Waals surface area contributed by atoms with Crippen molar-refractivity contribution in [3.8, 4) is 5.75 Å². The maximum atomic E-state index is 12.9. The maximum absolute atomic E-state index is 12.9. The Kier molecular flexibility index (Phi) is 7.50. The molecule has 33 heavy (non-hydrogen) atoms. The van der Waals surface area contributed by atoms with Gasteiger partial charge in [-0.2, -0.15) is 0 Å². The van der Waals surface area contributed by atoms with E-state index in [0.29, 0.717) is 22.9 Å². The molecule has 0 unspecified atom stereocenters. The van der Waals surface area contributed by atoms with Crippen LogP contribution in [0, 0.1) is 11.8 Å². The normalized spacial score (nSPS) is 22.7. The third-order valence-electron chi connectivity index (χ3n) is 6.05. The van der Waals surface area contributed by atoms with Crippen LogP contribution in [0.3, 0.4) is 0 Å². The molecule has 6 N–H and O–H groups in total. The first-order valence-electron chi connectivity index (χ1n) is 10.6. The predicted molar refractivity (Wildman–Crippen MR) is 122 cm³/mol. The fourth-order valence-electron chi connectivity index (χ4n) is 4.53. The Morgan fingerprint density at radius 2 is 2.03 bits per heavy atom. The largest absolute Gasteiger partial charge is 0.503 e. The van der Waals surface area contributed by atoms with Gasteiger partial charge in [-0.1, -0.05) is 6.92 Å². The number of fused-ring (bicyclic) bond motifs is 1. The van der Waals surface area contributed by atoms with Crippen molar-refractivity contribution in [3.05, 3.63) is 38.8 Å². The fourth-order valence-corrected chi connectivity index (χ4v) is 5.76. The second-order valence-corrected chi connectivity index (χ2v) is 9.31. The van der Waals surface area contributed by atoms with Gasteiger partial charge in [0.15, 0.2) is 5.75 Å². The van der Waals surface area contributed by atoms with E-state index in [0.717, 1.165) is 0 Å². The average Bonchev–Trinajstić information content (AvgIpc) is 2.99. The lowest BCUT2D eigenvalue weighted by molar-refractivity contribution is -0.158. The van der Waals surface area contributed by atoms with Gasteiger partial charge in [0.2, 0.25) is 17.2 Å². The smallest absolute Gasteiger partial charge is 0.353 e.